The Hall–Kier alpha value is -1.27. The quantitative estimate of drug-likeness (QED) is 0.835. The van der Waals surface area contributed by atoms with Gasteiger partial charge < -0.3 is 10.2 Å². The van der Waals surface area contributed by atoms with Crippen LogP contribution < -0.4 is 5.32 Å². The van der Waals surface area contributed by atoms with E-state index in [0.29, 0.717) is 18.1 Å². The number of anilines is 1. The van der Waals surface area contributed by atoms with Crippen molar-refractivity contribution < 1.29 is 14.0 Å². The summed E-state index contributed by atoms with van der Waals surface area (Å²) in [6.45, 7) is 5.10. The minimum Gasteiger partial charge on any atom is -0.343 e. The first-order valence-corrected chi connectivity index (χ1v) is 8.11. The maximum atomic E-state index is 13.4. The van der Waals surface area contributed by atoms with E-state index >= 15 is 0 Å². The number of carbonyl (C=O) groups excluding carboxylic acids is 2. The lowest BCUT2D eigenvalue weighted by Gasteiger charge is -2.18. The van der Waals surface area contributed by atoms with Crippen LogP contribution >= 0.6 is 23.4 Å². The van der Waals surface area contributed by atoms with Crippen molar-refractivity contribution in [1.29, 1.82) is 0 Å². The van der Waals surface area contributed by atoms with Crippen molar-refractivity contribution in [1.82, 2.24) is 4.90 Å². The van der Waals surface area contributed by atoms with Gasteiger partial charge in [0.1, 0.15) is 5.82 Å². The van der Waals surface area contributed by atoms with Gasteiger partial charge in [0.05, 0.1) is 17.2 Å². The van der Waals surface area contributed by atoms with Crippen LogP contribution in [0.5, 0.6) is 0 Å². The molecule has 0 saturated carbocycles. The van der Waals surface area contributed by atoms with E-state index in [1.165, 1.54) is 30.0 Å². The zero-order valence-electron chi connectivity index (χ0n) is 12.0. The van der Waals surface area contributed by atoms with E-state index in [2.05, 4.69) is 5.32 Å². The predicted octanol–water partition coefficient (Wildman–Crippen LogP) is 3.02. The van der Waals surface area contributed by atoms with E-state index < -0.39 is 5.82 Å². The van der Waals surface area contributed by atoms with Crippen molar-refractivity contribution in [3.05, 3.63) is 29.0 Å². The van der Waals surface area contributed by atoms with Gasteiger partial charge in [0.25, 0.3) is 0 Å². The molecule has 0 aliphatic heterocycles. The van der Waals surface area contributed by atoms with Gasteiger partial charge in [0.2, 0.25) is 11.8 Å². The second-order valence-corrected chi connectivity index (χ2v) is 5.65. The van der Waals surface area contributed by atoms with Gasteiger partial charge in [0, 0.05) is 18.1 Å². The Bertz CT molecular complexity index is 510. The van der Waals surface area contributed by atoms with Gasteiger partial charge in [-0.2, -0.15) is 0 Å². The van der Waals surface area contributed by atoms with Crippen molar-refractivity contribution in [2.45, 2.75) is 13.8 Å². The molecule has 0 unspecified atom stereocenters. The van der Waals surface area contributed by atoms with Crippen molar-refractivity contribution in [2.75, 3.05) is 29.9 Å². The fraction of sp³-hybridized carbons (Fsp3) is 0.429. The summed E-state index contributed by atoms with van der Waals surface area (Å²) >= 11 is 6.94. The number of benzene rings is 1. The Kier molecular flexibility index (Phi) is 7.53. The molecule has 0 radical (unpaired) electrons. The van der Waals surface area contributed by atoms with Crippen LogP contribution in [0.3, 0.4) is 0 Å². The fourth-order valence-electron chi connectivity index (χ4n) is 1.68. The minimum atomic E-state index is -0.544. The molecule has 1 rings (SSSR count). The molecule has 0 aliphatic rings. The standard InChI is InChI=1S/C14H18ClFN2O2S/c1-3-18(4-2)14(20)9-21-8-13(19)17-12-7-10(15)5-6-11(12)16/h5-7H,3-4,8-9H2,1-2H3,(H,17,19). The van der Waals surface area contributed by atoms with Gasteiger partial charge in [0.15, 0.2) is 0 Å². The average molecular weight is 333 g/mol. The van der Waals surface area contributed by atoms with Gasteiger partial charge in [-0.05, 0) is 32.0 Å². The maximum absolute atomic E-state index is 13.4. The molecule has 21 heavy (non-hydrogen) atoms. The summed E-state index contributed by atoms with van der Waals surface area (Å²) < 4.78 is 13.4. The molecule has 0 aromatic heterocycles. The zero-order chi connectivity index (χ0) is 15.8. The number of thioether (sulfide) groups is 1. The van der Waals surface area contributed by atoms with Crippen LogP contribution in [0.2, 0.25) is 5.02 Å². The normalized spacial score (nSPS) is 10.3. The van der Waals surface area contributed by atoms with Gasteiger partial charge >= 0.3 is 0 Å². The molecule has 1 aromatic rings. The minimum absolute atomic E-state index is 0.00765. The Morgan fingerprint density at radius 1 is 1.29 bits per heavy atom. The number of rotatable bonds is 7. The largest absolute Gasteiger partial charge is 0.343 e. The molecular formula is C14H18ClFN2O2S. The fourth-order valence-corrected chi connectivity index (χ4v) is 2.57. The van der Waals surface area contributed by atoms with Gasteiger partial charge in [-0.15, -0.1) is 11.8 Å². The molecule has 1 aromatic carbocycles. The lowest BCUT2D eigenvalue weighted by molar-refractivity contribution is -0.127. The molecule has 0 spiro atoms. The summed E-state index contributed by atoms with van der Waals surface area (Å²) in [4.78, 5) is 25.1. The molecule has 116 valence electrons. The lowest BCUT2D eigenvalue weighted by Crippen LogP contribution is -2.32. The highest BCUT2D eigenvalue weighted by Crippen LogP contribution is 2.19. The van der Waals surface area contributed by atoms with E-state index in [1.807, 2.05) is 13.8 Å². The summed E-state index contributed by atoms with van der Waals surface area (Å²) in [5.41, 5.74) is 0.0446. The Morgan fingerprint density at radius 2 is 1.95 bits per heavy atom. The van der Waals surface area contributed by atoms with Crippen LogP contribution in [0, 0.1) is 5.82 Å². The smallest absolute Gasteiger partial charge is 0.234 e. The van der Waals surface area contributed by atoms with E-state index in [9.17, 15) is 14.0 Å². The number of nitrogens with zero attached hydrogens (tertiary/aromatic N) is 1. The predicted molar refractivity (Wildman–Crippen MR) is 85.3 cm³/mol. The van der Waals surface area contributed by atoms with Crippen molar-refractivity contribution in [2.24, 2.45) is 0 Å². The number of nitrogens with one attached hydrogen (secondary N) is 1. The van der Waals surface area contributed by atoms with Crippen molar-refractivity contribution >= 4 is 40.9 Å². The molecule has 0 heterocycles. The van der Waals surface area contributed by atoms with Gasteiger partial charge in [-0.3, -0.25) is 9.59 Å². The van der Waals surface area contributed by atoms with E-state index in [0.717, 1.165) is 0 Å². The molecule has 7 heteroatoms. The summed E-state index contributed by atoms with van der Waals surface area (Å²) in [5.74, 6) is -0.608. The van der Waals surface area contributed by atoms with Crippen molar-refractivity contribution in [3.8, 4) is 0 Å². The second-order valence-electron chi connectivity index (χ2n) is 4.23. The maximum Gasteiger partial charge on any atom is 0.234 e. The molecule has 1 N–H and O–H groups in total. The number of hydrogen-bond acceptors (Lipinski definition) is 3. The zero-order valence-corrected chi connectivity index (χ0v) is 13.6. The first-order valence-electron chi connectivity index (χ1n) is 6.58. The Morgan fingerprint density at radius 3 is 2.57 bits per heavy atom. The topological polar surface area (TPSA) is 49.4 Å². The molecule has 0 saturated heterocycles. The summed E-state index contributed by atoms with van der Waals surface area (Å²) in [6, 6.07) is 3.94. The van der Waals surface area contributed by atoms with E-state index in [-0.39, 0.29) is 29.0 Å². The average Bonchev–Trinajstić information content (AvgIpc) is 2.44. The molecule has 2 amide bonds. The third-order valence-electron chi connectivity index (χ3n) is 2.78. The van der Waals surface area contributed by atoms with Gasteiger partial charge in [-0.25, -0.2) is 4.39 Å². The number of carbonyl (C=O) groups is 2. The van der Waals surface area contributed by atoms with Crippen LogP contribution in [0.4, 0.5) is 10.1 Å². The molecule has 0 bridgehead atoms. The number of halogens is 2. The highest BCUT2D eigenvalue weighted by atomic mass is 35.5. The van der Waals surface area contributed by atoms with Crippen LogP contribution in [0.25, 0.3) is 0 Å². The summed E-state index contributed by atoms with van der Waals surface area (Å²) in [7, 11) is 0. The SMILES string of the molecule is CCN(CC)C(=O)CSCC(=O)Nc1cc(Cl)ccc1F. The van der Waals surface area contributed by atoms with E-state index in [1.54, 1.807) is 4.90 Å². The summed E-state index contributed by atoms with van der Waals surface area (Å²) in [6.07, 6.45) is 0. The lowest BCUT2D eigenvalue weighted by atomic mass is 10.3. The molecule has 4 nitrogen and oxygen atoms in total. The van der Waals surface area contributed by atoms with E-state index in [4.69, 9.17) is 11.6 Å². The third kappa shape index (κ3) is 5.93. The molecule has 0 atom stereocenters. The highest BCUT2D eigenvalue weighted by molar-refractivity contribution is 8.00. The molecular weight excluding hydrogens is 315 g/mol. The summed E-state index contributed by atoms with van der Waals surface area (Å²) in [5, 5.41) is 2.78. The number of amides is 2. The number of hydrogen-bond donors (Lipinski definition) is 1. The Balaban J connectivity index is 2.41. The van der Waals surface area contributed by atoms with Crippen molar-refractivity contribution in [3.63, 3.8) is 0 Å². The third-order valence-corrected chi connectivity index (χ3v) is 3.93. The van der Waals surface area contributed by atoms with Crippen LogP contribution in [-0.2, 0) is 9.59 Å². The molecule has 0 fully saturated rings. The first kappa shape index (κ1) is 17.8. The van der Waals surface area contributed by atoms with Crippen LogP contribution in [0.1, 0.15) is 13.8 Å². The molecule has 0 aliphatic carbocycles. The second kappa shape index (κ2) is 8.89. The first-order chi connectivity index (χ1) is 9.97. The van der Waals surface area contributed by atoms with Crippen LogP contribution in [0.15, 0.2) is 18.2 Å². The van der Waals surface area contributed by atoms with Gasteiger partial charge in [-0.1, -0.05) is 11.6 Å². The monoisotopic (exact) mass is 332 g/mol. The van der Waals surface area contributed by atoms with Crippen LogP contribution in [-0.4, -0.2) is 41.3 Å². The highest BCUT2D eigenvalue weighted by Gasteiger charge is 2.12. The Labute approximate surface area is 133 Å².